The molecule has 2 rings (SSSR count). The zero-order valence-corrected chi connectivity index (χ0v) is 11.1. The highest BCUT2D eigenvalue weighted by Gasteiger charge is 2.15. The van der Waals surface area contributed by atoms with Gasteiger partial charge in [0.1, 0.15) is 0 Å². The Morgan fingerprint density at radius 3 is 2.62 bits per heavy atom. The molecular formula is C13H18N2S. The van der Waals surface area contributed by atoms with Crippen LogP contribution in [0, 0.1) is 0 Å². The predicted molar refractivity (Wildman–Crippen MR) is 70.2 cm³/mol. The molecule has 3 heteroatoms. The van der Waals surface area contributed by atoms with Crippen LogP contribution in [-0.4, -0.2) is 9.97 Å². The molecule has 2 aromatic rings. The highest BCUT2D eigenvalue weighted by atomic mass is 32.1. The minimum Gasteiger partial charge on any atom is -0.259 e. The number of aromatic nitrogens is 2. The summed E-state index contributed by atoms with van der Waals surface area (Å²) in [5.74, 6) is 1.01. The molecule has 0 fully saturated rings. The van der Waals surface area contributed by atoms with Crippen LogP contribution in [0.2, 0.25) is 0 Å². The van der Waals surface area contributed by atoms with E-state index in [0.717, 1.165) is 11.9 Å². The Balaban J connectivity index is 2.63. The van der Waals surface area contributed by atoms with Crippen molar-refractivity contribution in [2.24, 2.45) is 0 Å². The fourth-order valence-electron chi connectivity index (χ4n) is 1.86. The molecular weight excluding hydrogens is 216 g/mol. The first-order chi connectivity index (χ1) is 7.65. The quantitative estimate of drug-likeness (QED) is 0.790. The van der Waals surface area contributed by atoms with Gasteiger partial charge in [0.15, 0.2) is 0 Å². The van der Waals surface area contributed by atoms with Crippen molar-refractivity contribution in [3.05, 3.63) is 23.0 Å². The van der Waals surface area contributed by atoms with E-state index in [4.69, 9.17) is 0 Å². The average molecular weight is 234 g/mol. The Labute approximate surface area is 101 Å². The number of nitrogens with zero attached hydrogens (tertiary/aromatic N) is 2. The summed E-state index contributed by atoms with van der Waals surface area (Å²) in [6.45, 7) is 8.82. The molecule has 0 aromatic carbocycles. The number of hydrogen-bond donors (Lipinski definition) is 0. The Bertz CT molecular complexity index is 488. The van der Waals surface area contributed by atoms with E-state index in [9.17, 15) is 0 Å². The smallest absolute Gasteiger partial charge is 0.0880 e. The number of pyridine rings is 1. The van der Waals surface area contributed by atoms with E-state index in [2.05, 4.69) is 37.7 Å². The van der Waals surface area contributed by atoms with Crippen molar-refractivity contribution in [3.8, 4) is 0 Å². The first-order valence-electron chi connectivity index (χ1n) is 5.87. The van der Waals surface area contributed by atoms with Crippen molar-refractivity contribution in [2.45, 2.75) is 46.0 Å². The van der Waals surface area contributed by atoms with Crippen LogP contribution in [-0.2, 0) is 0 Å². The molecule has 0 spiro atoms. The summed E-state index contributed by atoms with van der Waals surface area (Å²) < 4.78 is 1.28. The maximum Gasteiger partial charge on any atom is 0.0880 e. The molecule has 0 aliphatic carbocycles. The Kier molecular flexibility index (Phi) is 3.24. The molecule has 0 saturated heterocycles. The molecule has 0 amide bonds. The summed E-state index contributed by atoms with van der Waals surface area (Å²) in [5, 5.41) is 0. The molecule has 0 radical (unpaired) electrons. The number of fused-ring (bicyclic) bond motifs is 1. The number of thiazole rings is 1. The molecule has 16 heavy (non-hydrogen) atoms. The van der Waals surface area contributed by atoms with Gasteiger partial charge in [-0.15, -0.1) is 11.3 Å². The highest BCUT2D eigenvalue weighted by Crippen LogP contribution is 2.32. The summed E-state index contributed by atoms with van der Waals surface area (Å²) in [7, 11) is 0. The van der Waals surface area contributed by atoms with Crippen LogP contribution in [0.1, 0.15) is 57.2 Å². The summed E-state index contributed by atoms with van der Waals surface area (Å²) in [6, 6.07) is 0. The van der Waals surface area contributed by atoms with Gasteiger partial charge in [-0.25, -0.2) is 4.98 Å². The minimum absolute atomic E-state index is 0.489. The van der Waals surface area contributed by atoms with Gasteiger partial charge in [-0.1, -0.05) is 27.7 Å². The standard InChI is InChI=1S/C13H18N2S/c1-5-9(4)11-13-12(15-7-16-13)10(6-14-11)8(2)3/h6-9H,5H2,1-4H3. The van der Waals surface area contributed by atoms with Crippen molar-refractivity contribution in [3.63, 3.8) is 0 Å². The molecule has 1 unspecified atom stereocenters. The lowest BCUT2D eigenvalue weighted by atomic mass is 9.99. The van der Waals surface area contributed by atoms with Crippen molar-refractivity contribution >= 4 is 21.6 Å². The van der Waals surface area contributed by atoms with Gasteiger partial charge < -0.3 is 0 Å². The molecule has 0 bridgehead atoms. The maximum atomic E-state index is 4.64. The fourth-order valence-corrected chi connectivity index (χ4v) is 2.78. The third-order valence-electron chi connectivity index (χ3n) is 3.12. The van der Waals surface area contributed by atoms with E-state index in [1.54, 1.807) is 11.3 Å². The van der Waals surface area contributed by atoms with Crippen LogP contribution in [0.25, 0.3) is 10.2 Å². The van der Waals surface area contributed by atoms with Crippen molar-refractivity contribution < 1.29 is 0 Å². The summed E-state index contributed by atoms with van der Waals surface area (Å²) >= 11 is 1.72. The summed E-state index contributed by atoms with van der Waals surface area (Å²) in [4.78, 5) is 9.14. The second kappa shape index (κ2) is 4.50. The Morgan fingerprint density at radius 1 is 1.25 bits per heavy atom. The van der Waals surface area contributed by atoms with Gasteiger partial charge in [0.25, 0.3) is 0 Å². The zero-order valence-electron chi connectivity index (χ0n) is 10.3. The van der Waals surface area contributed by atoms with Gasteiger partial charge in [0, 0.05) is 11.8 Å². The van der Waals surface area contributed by atoms with Gasteiger partial charge in [-0.05, 0) is 18.3 Å². The van der Waals surface area contributed by atoms with Crippen molar-refractivity contribution in [1.82, 2.24) is 9.97 Å². The second-order valence-electron chi connectivity index (χ2n) is 4.59. The maximum absolute atomic E-state index is 4.64. The predicted octanol–water partition coefficient (Wildman–Crippen LogP) is 4.33. The van der Waals surface area contributed by atoms with Crippen LogP contribution < -0.4 is 0 Å². The van der Waals surface area contributed by atoms with Gasteiger partial charge >= 0.3 is 0 Å². The van der Waals surface area contributed by atoms with Crippen LogP contribution in [0.15, 0.2) is 11.7 Å². The zero-order chi connectivity index (χ0) is 11.7. The van der Waals surface area contributed by atoms with Gasteiger partial charge in [-0.3, -0.25) is 4.98 Å². The Hall–Kier alpha value is -0.960. The molecule has 2 aromatic heterocycles. The lowest BCUT2D eigenvalue weighted by Gasteiger charge is -2.12. The average Bonchev–Trinajstić information content (AvgIpc) is 2.75. The number of rotatable bonds is 3. The molecule has 2 nitrogen and oxygen atoms in total. The molecule has 0 aliphatic heterocycles. The summed E-state index contributed by atoms with van der Waals surface area (Å²) in [5.41, 5.74) is 5.57. The third-order valence-corrected chi connectivity index (χ3v) is 3.97. The van der Waals surface area contributed by atoms with E-state index in [1.807, 2.05) is 11.7 Å². The molecule has 0 saturated carbocycles. The van der Waals surface area contributed by atoms with E-state index >= 15 is 0 Å². The first-order valence-corrected chi connectivity index (χ1v) is 6.75. The number of hydrogen-bond acceptors (Lipinski definition) is 3. The summed E-state index contributed by atoms with van der Waals surface area (Å²) in [6.07, 6.45) is 3.13. The molecule has 2 heterocycles. The molecule has 86 valence electrons. The van der Waals surface area contributed by atoms with Crippen LogP contribution in [0.5, 0.6) is 0 Å². The van der Waals surface area contributed by atoms with Gasteiger partial charge in [0.05, 0.1) is 21.4 Å². The normalized spacial score (nSPS) is 13.6. The minimum atomic E-state index is 0.489. The topological polar surface area (TPSA) is 25.8 Å². The monoisotopic (exact) mass is 234 g/mol. The lowest BCUT2D eigenvalue weighted by molar-refractivity contribution is 0.714. The fraction of sp³-hybridized carbons (Fsp3) is 0.538. The van der Waals surface area contributed by atoms with Crippen LogP contribution in [0.3, 0.4) is 0 Å². The third kappa shape index (κ3) is 1.84. The van der Waals surface area contributed by atoms with E-state index in [1.165, 1.54) is 16.0 Å². The lowest BCUT2D eigenvalue weighted by Crippen LogP contribution is -1.99. The highest BCUT2D eigenvalue weighted by molar-refractivity contribution is 7.16. The molecule has 0 aliphatic rings. The first kappa shape index (κ1) is 11.5. The van der Waals surface area contributed by atoms with Crippen LogP contribution in [0.4, 0.5) is 0 Å². The van der Waals surface area contributed by atoms with E-state index < -0.39 is 0 Å². The second-order valence-corrected chi connectivity index (χ2v) is 5.45. The van der Waals surface area contributed by atoms with Crippen molar-refractivity contribution in [2.75, 3.05) is 0 Å². The SMILES string of the molecule is CCC(C)c1ncc(C(C)C)c2ncsc12. The molecule has 1 atom stereocenters. The largest absolute Gasteiger partial charge is 0.259 e. The van der Waals surface area contributed by atoms with Crippen molar-refractivity contribution in [1.29, 1.82) is 0 Å². The van der Waals surface area contributed by atoms with Gasteiger partial charge in [0.2, 0.25) is 0 Å². The van der Waals surface area contributed by atoms with Crippen LogP contribution >= 0.6 is 11.3 Å². The van der Waals surface area contributed by atoms with Gasteiger partial charge in [-0.2, -0.15) is 0 Å². The van der Waals surface area contributed by atoms with E-state index in [-0.39, 0.29) is 0 Å². The Morgan fingerprint density at radius 2 is 2.00 bits per heavy atom. The van der Waals surface area contributed by atoms with E-state index in [0.29, 0.717) is 11.8 Å². The molecule has 0 N–H and O–H groups in total.